The van der Waals surface area contributed by atoms with Crippen LogP contribution in [0.5, 0.6) is 5.75 Å². The van der Waals surface area contributed by atoms with Gasteiger partial charge in [0.1, 0.15) is 5.75 Å². The van der Waals surface area contributed by atoms with Crippen molar-refractivity contribution in [3.8, 4) is 5.75 Å². The molecule has 1 aromatic carbocycles. The molecule has 0 aromatic heterocycles. The Morgan fingerprint density at radius 1 is 0.688 bits per heavy atom. The van der Waals surface area contributed by atoms with Crippen LogP contribution in [0.25, 0.3) is 0 Å². The first kappa shape index (κ1) is 28.1. The number of rotatable bonds is 9. The Hall–Kier alpha value is -1.93. The van der Waals surface area contributed by atoms with E-state index in [0.29, 0.717) is 6.92 Å². The van der Waals surface area contributed by atoms with Crippen LogP contribution in [-0.2, 0) is 5.60 Å². The van der Waals surface area contributed by atoms with Crippen LogP contribution in [0.15, 0.2) is 24.3 Å². The quantitative estimate of drug-likeness (QED) is 0.398. The minimum Gasteiger partial charge on any atom is -0.494 e. The molecule has 0 radical (unpaired) electrons. The minimum absolute atomic E-state index is 0.102. The van der Waals surface area contributed by atoms with Crippen LogP contribution in [0, 0.1) is 0 Å². The van der Waals surface area contributed by atoms with Crippen molar-refractivity contribution >= 4 is 0 Å². The number of benzene rings is 1. The minimum atomic E-state index is -7.98. The second-order valence-electron chi connectivity index (χ2n) is 6.91. The lowest BCUT2D eigenvalue weighted by Crippen LogP contribution is -2.70. The molecule has 15 heteroatoms. The summed E-state index contributed by atoms with van der Waals surface area (Å²) in [5.41, 5.74) is -3.78. The van der Waals surface area contributed by atoms with E-state index < -0.39 is 53.4 Å². The third-order valence-electron chi connectivity index (χ3n) is 4.35. The molecule has 0 amide bonds. The van der Waals surface area contributed by atoms with Crippen LogP contribution in [0.2, 0.25) is 0 Å². The molecule has 0 aliphatic heterocycles. The standard InChI is InChI=1S/C17H15F13O2/c1-3-32-10-6-4-9(5-7-10)11(2,31)8-12(18,19)13(20,21)14(22,23)15(24,25)16(26,27)17(28,29)30/h4-7,31H,3,8H2,1-2H3. The van der Waals surface area contributed by atoms with Crippen molar-refractivity contribution in [2.45, 2.75) is 61.7 Å². The van der Waals surface area contributed by atoms with E-state index in [1.165, 1.54) is 0 Å². The fourth-order valence-corrected chi connectivity index (χ4v) is 2.52. The molecule has 0 bridgehead atoms. The zero-order valence-corrected chi connectivity index (χ0v) is 16.0. The van der Waals surface area contributed by atoms with Crippen molar-refractivity contribution in [3.05, 3.63) is 29.8 Å². The van der Waals surface area contributed by atoms with Crippen molar-refractivity contribution < 1.29 is 66.9 Å². The molecule has 32 heavy (non-hydrogen) atoms. The van der Waals surface area contributed by atoms with Gasteiger partial charge in [-0.2, -0.15) is 57.1 Å². The summed E-state index contributed by atoms with van der Waals surface area (Å²) in [6.45, 7) is 2.06. The first-order valence-electron chi connectivity index (χ1n) is 8.41. The Bertz CT molecular complexity index is 783. The summed E-state index contributed by atoms with van der Waals surface area (Å²) in [6, 6.07) is 3.72. The Morgan fingerprint density at radius 3 is 1.47 bits per heavy atom. The third kappa shape index (κ3) is 4.44. The molecule has 0 spiro atoms. The molecule has 0 aliphatic rings. The molecule has 0 saturated carbocycles. The number of alkyl halides is 13. The van der Waals surface area contributed by atoms with Gasteiger partial charge in [-0.05, 0) is 31.5 Å². The Balaban J connectivity index is 3.38. The lowest BCUT2D eigenvalue weighted by atomic mass is 9.84. The molecule has 1 aromatic rings. The molecular formula is C17H15F13O2. The molecule has 1 N–H and O–H groups in total. The number of ether oxygens (including phenoxy) is 1. The first-order valence-corrected chi connectivity index (χ1v) is 8.41. The van der Waals surface area contributed by atoms with Gasteiger partial charge in [-0.25, -0.2) is 0 Å². The molecule has 186 valence electrons. The summed E-state index contributed by atoms with van der Waals surface area (Å²) < 4.78 is 176. The van der Waals surface area contributed by atoms with Gasteiger partial charge in [-0.1, -0.05) is 12.1 Å². The maximum absolute atomic E-state index is 14.0. The third-order valence-corrected chi connectivity index (χ3v) is 4.35. The molecule has 0 fully saturated rings. The highest BCUT2D eigenvalue weighted by molar-refractivity contribution is 5.31. The SMILES string of the molecule is CCOc1ccc(C(C)(O)CC(F)(F)C(F)(F)C(F)(F)C(F)(F)C(F)(F)C(F)(F)F)cc1. The van der Waals surface area contributed by atoms with E-state index in [-0.39, 0.29) is 12.4 Å². The summed E-state index contributed by atoms with van der Waals surface area (Å²) >= 11 is 0. The fourth-order valence-electron chi connectivity index (χ4n) is 2.52. The van der Waals surface area contributed by atoms with Crippen molar-refractivity contribution in [2.75, 3.05) is 6.61 Å². The van der Waals surface area contributed by atoms with Crippen LogP contribution in [0.4, 0.5) is 57.1 Å². The van der Waals surface area contributed by atoms with E-state index in [2.05, 4.69) is 0 Å². The molecule has 0 heterocycles. The highest BCUT2D eigenvalue weighted by Crippen LogP contribution is 2.61. The zero-order chi connectivity index (χ0) is 25.6. The average molecular weight is 498 g/mol. The van der Waals surface area contributed by atoms with Gasteiger partial charge in [-0.15, -0.1) is 0 Å². The van der Waals surface area contributed by atoms with E-state index in [0.717, 1.165) is 24.3 Å². The van der Waals surface area contributed by atoms with Gasteiger partial charge >= 0.3 is 35.8 Å². The molecule has 1 atom stereocenters. The van der Waals surface area contributed by atoms with Crippen LogP contribution in [0.3, 0.4) is 0 Å². The van der Waals surface area contributed by atoms with Gasteiger partial charge in [0, 0.05) is 0 Å². The smallest absolute Gasteiger partial charge is 0.460 e. The number of hydrogen-bond donors (Lipinski definition) is 1. The summed E-state index contributed by atoms with van der Waals surface area (Å²) in [7, 11) is 0. The molecule has 1 rings (SSSR count). The average Bonchev–Trinajstić information content (AvgIpc) is 2.60. The van der Waals surface area contributed by atoms with Crippen LogP contribution in [-0.4, -0.2) is 47.5 Å². The van der Waals surface area contributed by atoms with E-state index in [9.17, 15) is 62.2 Å². The van der Waals surface area contributed by atoms with Gasteiger partial charge in [0.05, 0.1) is 18.6 Å². The Morgan fingerprint density at radius 2 is 1.09 bits per heavy atom. The van der Waals surface area contributed by atoms with Gasteiger partial charge in [0.2, 0.25) is 0 Å². The number of halogens is 13. The summed E-state index contributed by atoms with van der Waals surface area (Å²) in [6.07, 6.45) is -10.2. The largest absolute Gasteiger partial charge is 0.494 e. The fraction of sp³-hybridized carbons (Fsp3) is 0.647. The van der Waals surface area contributed by atoms with E-state index in [1.54, 1.807) is 6.92 Å². The topological polar surface area (TPSA) is 29.5 Å². The highest BCUT2D eigenvalue weighted by Gasteiger charge is 2.90. The number of hydrogen-bond acceptors (Lipinski definition) is 2. The maximum Gasteiger partial charge on any atom is 0.460 e. The number of aliphatic hydroxyl groups is 1. The van der Waals surface area contributed by atoms with Gasteiger partial charge in [-0.3, -0.25) is 0 Å². The van der Waals surface area contributed by atoms with Gasteiger partial charge in [0.25, 0.3) is 0 Å². The summed E-state index contributed by atoms with van der Waals surface area (Å²) in [4.78, 5) is 0. The lowest BCUT2D eigenvalue weighted by molar-refractivity contribution is -0.441. The molecule has 1 unspecified atom stereocenters. The monoisotopic (exact) mass is 498 g/mol. The second kappa shape index (κ2) is 8.13. The molecular weight excluding hydrogens is 483 g/mol. The van der Waals surface area contributed by atoms with E-state index in [1.807, 2.05) is 0 Å². The van der Waals surface area contributed by atoms with E-state index >= 15 is 0 Å². The molecule has 0 aliphatic carbocycles. The van der Waals surface area contributed by atoms with Crippen molar-refractivity contribution in [3.63, 3.8) is 0 Å². The van der Waals surface area contributed by atoms with E-state index in [4.69, 9.17) is 4.74 Å². The first-order chi connectivity index (χ1) is 14.0. The Labute approximate surface area is 172 Å². The summed E-state index contributed by atoms with van der Waals surface area (Å²) in [5.74, 6) is -37.4. The van der Waals surface area contributed by atoms with Crippen molar-refractivity contribution in [1.29, 1.82) is 0 Å². The maximum atomic E-state index is 14.0. The molecule has 2 nitrogen and oxygen atoms in total. The van der Waals surface area contributed by atoms with Gasteiger partial charge in [0.15, 0.2) is 0 Å². The molecule has 0 saturated heterocycles. The summed E-state index contributed by atoms with van der Waals surface area (Å²) in [5, 5.41) is 10.0. The van der Waals surface area contributed by atoms with Crippen LogP contribution >= 0.6 is 0 Å². The van der Waals surface area contributed by atoms with Crippen LogP contribution < -0.4 is 4.74 Å². The second-order valence-corrected chi connectivity index (χ2v) is 6.91. The Kier molecular flexibility index (Phi) is 7.14. The lowest BCUT2D eigenvalue weighted by Gasteiger charge is -2.41. The highest BCUT2D eigenvalue weighted by atomic mass is 19.4. The normalized spacial score (nSPS) is 16.6. The van der Waals surface area contributed by atoms with Crippen molar-refractivity contribution in [1.82, 2.24) is 0 Å². The predicted octanol–water partition coefficient (Wildman–Crippen LogP) is 6.42. The van der Waals surface area contributed by atoms with Gasteiger partial charge < -0.3 is 9.84 Å². The zero-order valence-electron chi connectivity index (χ0n) is 16.0. The predicted molar refractivity (Wildman–Crippen MR) is 82.6 cm³/mol. The van der Waals surface area contributed by atoms with Crippen molar-refractivity contribution in [2.24, 2.45) is 0 Å². The van der Waals surface area contributed by atoms with Crippen LogP contribution in [0.1, 0.15) is 25.8 Å².